The zero-order chi connectivity index (χ0) is 13.2. The van der Waals surface area contributed by atoms with E-state index in [0.29, 0.717) is 5.92 Å². The molecule has 2 unspecified atom stereocenters. The third kappa shape index (κ3) is 1.86. The second kappa shape index (κ2) is 4.97. The Labute approximate surface area is 111 Å². The maximum atomic E-state index is 2.36. The van der Waals surface area contributed by atoms with Crippen LogP contribution in [0, 0.1) is 5.41 Å². The van der Waals surface area contributed by atoms with Crippen LogP contribution in [0.2, 0.25) is 0 Å². The van der Waals surface area contributed by atoms with Crippen LogP contribution in [0.5, 0.6) is 0 Å². The Morgan fingerprint density at radius 1 is 1.11 bits per heavy atom. The van der Waals surface area contributed by atoms with Crippen LogP contribution in [-0.2, 0) is 0 Å². The van der Waals surface area contributed by atoms with Crippen LogP contribution in [0.4, 0.5) is 0 Å². The molecule has 1 aromatic carbocycles. The minimum Gasteiger partial charge on any atom is -0.0758 e. The Kier molecular flexibility index (Phi) is 3.56. The number of hydrogen-bond donors (Lipinski definition) is 0. The van der Waals surface area contributed by atoms with Crippen molar-refractivity contribution in [2.45, 2.75) is 33.6 Å². The van der Waals surface area contributed by atoms with Gasteiger partial charge in [0.05, 0.1) is 0 Å². The molecule has 0 nitrogen and oxygen atoms in total. The lowest BCUT2D eigenvalue weighted by Crippen LogP contribution is -2.28. The smallest absolute Gasteiger partial charge is 0.0170 e. The van der Waals surface area contributed by atoms with E-state index in [0.717, 1.165) is 0 Å². The SMILES string of the molecule is CC.CC1=CC=CC2c3ccccc3C=CC12C. The Balaban J connectivity index is 0.000000574. The largest absolute Gasteiger partial charge is 0.0758 e. The molecule has 0 heterocycles. The predicted octanol–water partition coefficient (Wildman–Crippen LogP) is 5.35. The minimum atomic E-state index is 0.170. The third-order valence-corrected chi connectivity index (χ3v) is 4.09. The van der Waals surface area contributed by atoms with Crippen LogP contribution in [-0.4, -0.2) is 0 Å². The van der Waals surface area contributed by atoms with Crippen molar-refractivity contribution in [3.63, 3.8) is 0 Å². The molecule has 3 rings (SSSR count). The molecule has 0 saturated carbocycles. The van der Waals surface area contributed by atoms with Crippen molar-refractivity contribution < 1.29 is 0 Å². The summed E-state index contributed by atoms with van der Waals surface area (Å²) in [6.45, 7) is 8.56. The third-order valence-electron chi connectivity index (χ3n) is 4.09. The number of benzene rings is 1. The highest BCUT2D eigenvalue weighted by Gasteiger charge is 2.37. The number of fused-ring (bicyclic) bond motifs is 3. The molecule has 2 atom stereocenters. The van der Waals surface area contributed by atoms with Gasteiger partial charge in [0.2, 0.25) is 0 Å². The fourth-order valence-corrected chi connectivity index (χ4v) is 2.81. The molecular weight excluding hydrogens is 216 g/mol. The van der Waals surface area contributed by atoms with E-state index in [-0.39, 0.29) is 5.41 Å². The van der Waals surface area contributed by atoms with Crippen LogP contribution >= 0.6 is 0 Å². The molecule has 0 N–H and O–H groups in total. The number of allylic oxidation sites excluding steroid dienone is 5. The fourth-order valence-electron chi connectivity index (χ4n) is 2.81. The van der Waals surface area contributed by atoms with Gasteiger partial charge < -0.3 is 0 Å². The molecule has 0 fully saturated rings. The summed E-state index contributed by atoms with van der Waals surface area (Å²) >= 11 is 0. The molecule has 18 heavy (non-hydrogen) atoms. The van der Waals surface area contributed by atoms with Gasteiger partial charge in [-0.3, -0.25) is 0 Å². The van der Waals surface area contributed by atoms with Crippen LogP contribution in [0.25, 0.3) is 6.08 Å². The summed E-state index contributed by atoms with van der Waals surface area (Å²) in [5.74, 6) is 0.499. The molecule has 0 aromatic heterocycles. The molecule has 0 heteroatoms. The van der Waals surface area contributed by atoms with Crippen molar-refractivity contribution in [2.24, 2.45) is 5.41 Å². The van der Waals surface area contributed by atoms with Gasteiger partial charge in [-0.05, 0) is 18.1 Å². The van der Waals surface area contributed by atoms with Gasteiger partial charge in [-0.1, -0.05) is 81.0 Å². The quantitative estimate of drug-likeness (QED) is 0.572. The van der Waals surface area contributed by atoms with Gasteiger partial charge in [-0.15, -0.1) is 0 Å². The molecule has 1 aromatic rings. The molecule has 94 valence electrons. The monoisotopic (exact) mass is 238 g/mol. The summed E-state index contributed by atoms with van der Waals surface area (Å²) in [5.41, 5.74) is 4.44. The van der Waals surface area contributed by atoms with E-state index in [9.17, 15) is 0 Å². The summed E-state index contributed by atoms with van der Waals surface area (Å²) in [5, 5.41) is 0. The van der Waals surface area contributed by atoms with Crippen LogP contribution < -0.4 is 0 Å². The summed E-state index contributed by atoms with van der Waals surface area (Å²) in [6, 6.07) is 8.71. The second-order valence-electron chi connectivity index (χ2n) is 4.96. The van der Waals surface area contributed by atoms with Crippen molar-refractivity contribution in [2.75, 3.05) is 0 Å². The first-order valence-corrected chi connectivity index (χ1v) is 6.85. The molecule has 0 radical (unpaired) electrons. The van der Waals surface area contributed by atoms with Gasteiger partial charge in [0, 0.05) is 11.3 Å². The fraction of sp³-hybridized carbons (Fsp3) is 0.333. The van der Waals surface area contributed by atoms with Crippen molar-refractivity contribution in [1.29, 1.82) is 0 Å². The van der Waals surface area contributed by atoms with E-state index in [1.165, 1.54) is 16.7 Å². The van der Waals surface area contributed by atoms with E-state index in [2.05, 4.69) is 68.5 Å². The van der Waals surface area contributed by atoms with Crippen molar-refractivity contribution >= 4 is 6.08 Å². The van der Waals surface area contributed by atoms with Gasteiger partial charge in [-0.25, -0.2) is 0 Å². The topological polar surface area (TPSA) is 0 Å². The lowest BCUT2D eigenvalue weighted by molar-refractivity contribution is 0.448. The van der Waals surface area contributed by atoms with Gasteiger partial charge in [0.15, 0.2) is 0 Å². The average molecular weight is 238 g/mol. The first-order valence-electron chi connectivity index (χ1n) is 6.85. The van der Waals surface area contributed by atoms with Crippen molar-refractivity contribution in [3.05, 3.63) is 65.3 Å². The Morgan fingerprint density at radius 3 is 2.61 bits per heavy atom. The van der Waals surface area contributed by atoms with Crippen molar-refractivity contribution in [1.82, 2.24) is 0 Å². The highest BCUT2D eigenvalue weighted by atomic mass is 14.4. The maximum Gasteiger partial charge on any atom is 0.0170 e. The zero-order valence-electron chi connectivity index (χ0n) is 11.8. The van der Waals surface area contributed by atoms with Crippen LogP contribution in [0.15, 0.2) is 54.1 Å². The second-order valence-corrected chi connectivity index (χ2v) is 4.96. The first kappa shape index (κ1) is 12.9. The normalized spacial score (nSPS) is 27.6. The minimum absolute atomic E-state index is 0.170. The molecule has 0 bridgehead atoms. The molecule has 0 aliphatic heterocycles. The van der Waals surface area contributed by atoms with Gasteiger partial charge >= 0.3 is 0 Å². The zero-order valence-corrected chi connectivity index (χ0v) is 11.8. The molecule has 2 aliphatic carbocycles. The van der Waals surface area contributed by atoms with E-state index in [1.54, 1.807) is 0 Å². The van der Waals surface area contributed by atoms with Crippen LogP contribution in [0.3, 0.4) is 0 Å². The molecule has 0 spiro atoms. The molecular formula is C18H22. The van der Waals surface area contributed by atoms with Crippen LogP contribution in [0.1, 0.15) is 44.7 Å². The first-order chi connectivity index (χ1) is 8.72. The maximum absolute atomic E-state index is 2.36. The Bertz CT molecular complexity index is 517. The van der Waals surface area contributed by atoms with E-state index >= 15 is 0 Å². The summed E-state index contributed by atoms with van der Waals surface area (Å²) in [7, 11) is 0. The summed E-state index contributed by atoms with van der Waals surface area (Å²) < 4.78 is 0. The molecule has 2 aliphatic rings. The van der Waals surface area contributed by atoms with Crippen molar-refractivity contribution in [3.8, 4) is 0 Å². The number of hydrogen-bond acceptors (Lipinski definition) is 0. The Morgan fingerprint density at radius 2 is 1.83 bits per heavy atom. The Hall–Kier alpha value is -1.56. The molecule has 0 saturated heterocycles. The summed E-state index contributed by atoms with van der Waals surface area (Å²) in [4.78, 5) is 0. The predicted molar refractivity (Wildman–Crippen MR) is 80.6 cm³/mol. The lowest BCUT2D eigenvalue weighted by atomic mass is 9.63. The highest BCUT2D eigenvalue weighted by molar-refractivity contribution is 5.63. The van der Waals surface area contributed by atoms with E-state index in [1.807, 2.05) is 13.8 Å². The average Bonchev–Trinajstić information content (AvgIpc) is 2.43. The standard InChI is InChI=1S/C16H16.C2H6/c1-12-6-5-9-15-14-8-4-3-7-13(14)10-11-16(12,15)2;1-2/h3-11,15H,1-2H3;1-2H3. The van der Waals surface area contributed by atoms with Gasteiger partial charge in [0.25, 0.3) is 0 Å². The lowest BCUT2D eigenvalue weighted by Gasteiger charge is -2.40. The van der Waals surface area contributed by atoms with Gasteiger partial charge in [-0.2, -0.15) is 0 Å². The molecule has 0 amide bonds. The van der Waals surface area contributed by atoms with E-state index < -0.39 is 0 Å². The number of rotatable bonds is 0. The highest BCUT2D eigenvalue weighted by Crippen LogP contribution is 2.49. The van der Waals surface area contributed by atoms with E-state index in [4.69, 9.17) is 0 Å². The summed E-state index contributed by atoms with van der Waals surface area (Å²) in [6.07, 6.45) is 11.4. The van der Waals surface area contributed by atoms with Gasteiger partial charge in [0.1, 0.15) is 0 Å².